The molecule has 2 rings (SSSR count). The van der Waals surface area contributed by atoms with Crippen LogP contribution in [0.2, 0.25) is 0 Å². The highest BCUT2D eigenvalue weighted by Crippen LogP contribution is 2.33. The van der Waals surface area contributed by atoms with Gasteiger partial charge >= 0.3 is 10.2 Å². The van der Waals surface area contributed by atoms with Gasteiger partial charge in [-0.2, -0.15) is 8.42 Å². The summed E-state index contributed by atoms with van der Waals surface area (Å²) in [5, 5.41) is 0. The first-order valence-electron chi connectivity index (χ1n) is 4.04. The molecule has 0 unspecified atom stereocenters. The lowest BCUT2D eigenvalue weighted by Crippen LogP contribution is -2.13. The summed E-state index contributed by atoms with van der Waals surface area (Å²) < 4.78 is 38.9. The number of aldehydes is 1. The molecule has 0 bridgehead atoms. The topological polar surface area (TPSA) is 75.3 Å². The number of carbonyl (C=O) groups is 1. The second-order valence-corrected chi connectivity index (χ2v) is 4.48. The van der Waals surface area contributed by atoms with Crippen molar-refractivity contribution >= 4 is 27.9 Å². The van der Waals surface area contributed by atoms with Gasteiger partial charge in [0, 0.05) is 5.56 Å². The molecule has 0 atom stereocenters. The van der Waals surface area contributed by atoms with E-state index in [-0.39, 0.29) is 22.5 Å². The number of halogens is 1. The van der Waals surface area contributed by atoms with Gasteiger partial charge < -0.3 is 0 Å². The number of hydrogen-bond donors (Lipinski definition) is 2. The van der Waals surface area contributed by atoms with Crippen molar-refractivity contribution in [3.63, 3.8) is 0 Å². The first-order valence-corrected chi connectivity index (χ1v) is 5.52. The summed E-state index contributed by atoms with van der Waals surface area (Å²) in [6, 6.07) is 2.65. The Morgan fingerprint density at radius 3 is 2.67 bits per heavy atom. The van der Waals surface area contributed by atoms with E-state index in [0.717, 1.165) is 0 Å². The SMILES string of the molecule is O=Cc1cc(CF)cc2c1NS(=O)(=O)N2. The molecular weight excluding hydrogens is 223 g/mol. The van der Waals surface area contributed by atoms with Crippen LogP contribution in [-0.2, 0) is 16.9 Å². The van der Waals surface area contributed by atoms with Crippen molar-refractivity contribution in [2.75, 3.05) is 9.44 Å². The van der Waals surface area contributed by atoms with E-state index in [1.165, 1.54) is 12.1 Å². The van der Waals surface area contributed by atoms with E-state index < -0.39 is 16.9 Å². The summed E-state index contributed by atoms with van der Waals surface area (Å²) in [4.78, 5) is 10.7. The molecule has 2 N–H and O–H groups in total. The van der Waals surface area contributed by atoms with E-state index in [0.29, 0.717) is 6.29 Å². The molecule has 15 heavy (non-hydrogen) atoms. The molecule has 80 valence electrons. The van der Waals surface area contributed by atoms with Crippen LogP contribution in [0.25, 0.3) is 0 Å². The van der Waals surface area contributed by atoms with Crippen molar-refractivity contribution < 1.29 is 17.6 Å². The van der Waals surface area contributed by atoms with E-state index in [9.17, 15) is 17.6 Å². The van der Waals surface area contributed by atoms with Gasteiger partial charge in [-0.15, -0.1) is 0 Å². The second kappa shape index (κ2) is 3.20. The molecule has 0 amide bonds. The summed E-state index contributed by atoms with van der Waals surface area (Å²) >= 11 is 0. The Labute approximate surface area is 85.5 Å². The summed E-state index contributed by atoms with van der Waals surface area (Å²) in [5.74, 6) is 0. The highest BCUT2D eigenvalue weighted by atomic mass is 32.2. The van der Waals surface area contributed by atoms with Gasteiger partial charge in [-0.1, -0.05) is 0 Å². The Morgan fingerprint density at radius 2 is 2.07 bits per heavy atom. The Morgan fingerprint density at radius 1 is 1.33 bits per heavy atom. The summed E-state index contributed by atoms with van der Waals surface area (Å²) in [7, 11) is -3.64. The average molecular weight is 230 g/mol. The number of carbonyl (C=O) groups excluding carboxylic acids is 1. The minimum absolute atomic E-state index is 0.119. The van der Waals surface area contributed by atoms with Crippen molar-refractivity contribution in [3.05, 3.63) is 23.3 Å². The van der Waals surface area contributed by atoms with Crippen LogP contribution in [0.3, 0.4) is 0 Å². The molecular formula is C8H7FN2O3S. The standard InChI is InChI=1S/C8H7FN2O3S/c9-3-5-1-6(4-12)8-7(2-5)10-15(13,14)11-8/h1-2,4,10-11H,3H2. The van der Waals surface area contributed by atoms with Gasteiger partial charge in [-0.25, -0.2) is 4.39 Å². The maximum atomic E-state index is 12.4. The largest absolute Gasteiger partial charge is 0.321 e. The molecule has 0 aromatic heterocycles. The number of alkyl halides is 1. The molecule has 1 aliphatic heterocycles. The minimum atomic E-state index is -3.64. The number of anilines is 2. The summed E-state index contributed by atoms with van der Waals surface area (Å²) in [6.07, 6.45) is 0.480. The highest BCUT2D eigenvalue weighted by Gasteiger charge is 2.25. The third-order valence-corrected chi connectivity index (χ3v) is 2.95. The Kier molecular flexibility index (Phi) is 2.11. The van der Waals surface area contributed by atoms with Crippen LogP contribution in [0.1, 0.15) is 15.9 Å². The molecule has 0 saturated carbocycles. The lowest BCUT2D eigenvalue weighted by Gasteiger charge is -2.02. The highest BCUT2D eigenvalue weighted by molar-refractivity contribution is 7.94. The van der Waals surface area contributed by atoms with Crippen LogP contribution >= 0.6 is 0 Å². The third-order valence-electron chi connectivity index (χ3n) is 1.99. The van der Waals surface area contributed by atoms with Crippen LogP contribution in [0.5, 0.6) is 0 Å². The molecule has 0 radical (unpaired) electrons. The smallest absolute Gasteiger partial charge is 0.298 e. The van der Waals surface area contributed by atoms with Crippen molar-refractivity contribution in [3.8, 4) is 0 Å². The Bertz CT molecular complexity index is 527. The zero-order valence-electron chi connectivity index (χ0n) is 7.45. The Balaban J connectivity index is 2.62. The molecule has 1 aliphatic rings. The molecule has 5 nitrogen and oxygen atoms in total. The van der Waals surface area contributed by atoms with Gasteiger partial charge in [0.2, 0.25) is 0 Å². The van der Waals surface area contributed by atoms with Gasteiger partial charge in [0.05, 0.1) is 11.4 Å². The number of hydrogen-bond acceptors (Lipinski definition) is 3. The molecule has 0 spiro atoms. The molecule has 7 heteroatoms. The summed E-state index contributed by atoms with van der Waals surface area (Å²) in [5.41, 5.74) is 0.741. The van der Waals surface area contributed by atoms with Crippen LogP contribution in [0.15, 0.2) is 12.1 Å². The van der Waals surface area contributed by atoms with E-state index in [4.69, 9.17) is 0 Å². The zero-order valence-corrected chi connectivity index (χ0v) is 8.27. The second-order valence-electron chi connectivity index (χ2n) is 3.07. The van der Waals surface area contributed by atoms with Crippen LogP contribution in [0, 0.1) is 0 Å². The number of benzene rings is 1. The van der Waals surface area contributed by atoms with Crippen molar-refractivity contribution in [1.82, 2.24) is 0 Å². The number of rotatable bonds is 2. The van der Waals surface area contributed by atoms with Crippen LogP contribution < -0.4 is 9.44 Å². The van der Waals surface area contributed by atoms with Crippen molar-refractivity contribution in [2.24, 2.45) is 0 Å². The molecule has 1 aromatic carbocycles. The average Bonchev–Trinajstić information content (AvgIpc) is 2.50. The monoisotopic (exact) mass is 230 g/mol. The fraction of sp³-hybridized carbons (Fsp3) is 0.125. The van der Waals surface area contributed by atoms with Crippen LogP contribution in [0.4, 0.5) is 15.8 Å². The van der Waals surface area contributed by atoms with E-state index in [1.807, 2.05) is 0 Å². The predicted molar refractivity (Wildman–Crippen MR) is 52.8 cm³/mol. The maximum Gasteiger partial charge on any atom is 0.321 e. The minimum Gasteiger partial charge on any atom is -0.298 e. The fourth-order valence-electron chi connectivity index (χ4n) is 1.40. The third kappa shape index (κ3) is 1.65. The maximum absolute atomic E-state index is 12.4. The summed E-state index contributed by atoms with van der Waals surface area (Å²) in [6.45, 7) is -0.754. The molecule has 0 aliphatic carbocycles. The first-order chi connectivity index (χ1) is 7.05. The van der Waals surface area contributed by atoms with E-state index >= 15 is 0 Å². The quantitative estimate of drug-likeness (QED) is 0.745. The predicted octanol–water partition coefficient (Wildman–Crippen LogP) is 1.05. The van der Waals surface area contributed by atoms with Gasteiger partial charge in [0.25, 0.3) is 0 Å². The van der Waals surface area contributed by atoms with Gasteiger partial charge in [0.15, 0.2) is 6.29 Å². The van der Waals surface area contributed by atoms with E-state index in [2.05, 4.69) is 9.44 Å². The van der Waals surface area contributed by atoms with Crippen molar-refractivity contribution in [1.29, 1.82) is 0 Å². The van der Waals surface area contributed by atoms with Gasteiger partial charge in [0.1, 0.15) is 6.67 Å². The first kappa shape index (κ1) is 9.91. The number of fused-ring (bicyclic) bond motifs is 1. The number of nitrogens with one attached hydrogen (secondary N) is 2. The fourth-order valence-corrected chi connectivity index (χ4v) is 2.39. The molecule has 0 fully saturated rings. The molecule has 0 saturated heterocycles. The molecule has 1 aromatic rings. The lowest BCUT2D eigenvalue weighted by atomic mass is 10.1. The molecule has 1 heterocycles. The Hall–Kier alpha value is -1.63. The normalized spacial score (nSPS) is 16.3. The van der Waals surface area contributed by atoms with E-state index in [1.54, 1.807) is 0 Å². The van der Waals surface area contributed by atoms with Crippen molar-refractivity contribution in [2.45, 2.75) is 6.67 Å². The van der Waals surface area contributed by atoms with Gasteiger partial charge in [-0.3, -0.25) is 14.2 Å². The lowest BCUT2D eigenvalue weighted by molar-refractivity contribution is 0.112. The zero-order chi connectivity index (χ0) is 11.1. The van der Waals surface area contributed by atoms with Gasteiger partial charge in [-0.05, 0) is 17.7 Å². The van der Waals surface area contributed by atoms with Crippen LogP contribution in [-0.4, -0.2) is 14.7 Å².